The molecule has 61 heavy (non-hydrogen) atoms. The van der Waals surface area contributed by atoms with Crippen LogP contribution >= 0.6 is 7.82 Å². The van der Waals surface area contributed by atoms with Crippen molar-refractivity contribution < 1.29 is 42.1 Å². The standard InChI is InChI=1S/C51H100NO8P/c1-6-8-10-12-14-16-18-20-22-23-24-25-26-27-28-29-30-32-33-35-37-39-41-43-50(53)57-47-49(48-59-61(55,56)58-46-45-52(3,4)5)60-51(54)44-42-40-38-36-34-31-21-19-17-15-13-11-9-7-2/h19,21,49H,6-18,20,22-48H2,1-5H3/p+1/b21-19+/t49-/m0/s1. The van der Waals surface area contributed by atoms with Crippen LogP contribution in [-0.4, -0.2) is 74.9 Å². The molecular weight excluding hydrogens is 786 g/mol. The number of rotatable bonds is 48. The van der Waals surface area contributed by atoms with E-state index in [0.717, 1.165) is 51.4 Å². The van der Waals surface area contributed by atoms with Gasteiger partial charge in [-0.3, -0.25) is 18.6 Å². The van der Waals surface area contributed by atoms with Crippen molar-refractivity contribution in [1.82, 2.24) is 0 Å². The van der Waals surface area contributed by atoms with Crippen molar-refractivity contribution in [2.24, 2.45) is 0 Å². The molecule has 0 fully saturated rings. The largest absolute Gasteiger partial charge is 0.472 e. The van der Waals surface area contributed by atoms with E-state index in [9.17, 15) is 19.0 Å². The van der Waals surface area contributed by atoms with Gasteiger partial charge in [0.05, 0.1) is 27.7 Å². The minimum absolute atomic E-state index is 0.0334. The summed E-state index contributed by atoms with van der Waals surface area (Å²) in [5.74, 6) is -0.794. The van der Waals surface area contributed by atoms with E-state index in [4.69, 9.17) is 18.5 Å². The summed E-state index contributed by atoms with van der Waals surface area (Å²) in [5, 5.41) is 0. The highest BCUT2D eigenvalue weighted by atomic mass is 31.2. The zero-order valence-corrected chi connectivity index (χ0v) is 41.8. The minimum atomic E-state index is -4.38. The number of allylic oxidation sites excluding steroid dienone is 2. The van der Waals surface area contributed by atoms with Crippen molar-refractivity contribution in [1.29, 1.82) is 0 Å². The smallest absolute Gasteiger partial charge is 0.462 e. The number of carbonyl (C=O) groups excluding carboxylic acids is 2. The van der Waals surface area contributed by atoms with Crippen LogP contribution in [0.4, 0.5) is 0 Å². The van der Waals surface area contributed by atoms with E-state index in [1.54, 1.807) is 0 Å². The average molecular weight is 887 g/mol. The van der Waals surface area contributed by atoms with E-state index < -0.39 is 26.5 Å². The third-order valence-corrected chi connectivity index (χ3v) is 12.5. The Labute approximate surface area is 377 Å². The molecule has 0 aromatic rings. The zero-order valence-electron chi connectivity index (χ0n) is 40.9. The van der Waals surface area contributed by atoms with Crippen molar-refractivity contribution in [2.45, 2.75) is 258 Å². The lowest BCUT2D eigenvalue weighted by molar-refractivity contribution is -0.870. The summed E-state index contributed by atoms with van der Waals surface area (Å²) in [6.07, 6.45) is 48.4. The van der Waals surface area contributed by atoms with Crippen LogP contribution in [0.2, 0.25) is 0 Å². The summed E-state index contributed by atoms with van der Waals surface area (Å²) in [4.78, 5) is 35.5. The second-order valence-electron chi connectivity index (χ2n) is 18.9. The number of quaternary nitrogens is 1. The fraction of sp³-hybridized carbons (Fsp3) is 0.922. The van der Waals surface area contributed by atoms with E-state index in [2.05, 4.69) is 26.0 Å². The highest BCUT2D eigenvalue weighted by Crippen LogP contribution is 2.43. The maximum absolute atomic E-state index is 12.7. The second-order valence-corrected chi connectivity index (χ2v) is 20.4. The third kappa shape index (κ3) is 48.1. The molecule has 0 aromatic carbocycles. The number of hydrogen-bond donors (Lipinski definition) is 1. The Kier molecular flexibility index (Phi) is 43.1. The van der Waals surface area contributed by atoms with Crippen LogP contribution < -0.4 is 0 Å². The molecule has 9 nitrogen and oxygen atoms in total. The lowest BCUT2D eigenvalue weighted by atomic mass is 10.0. The van der Waals surface area contributed by atoms with Gasteiger partial charge in [0, 0.05) is 12.8 Å². The van der Waals surface area contributed by atoms with Gasteiger partial charge >= 0.3 is 19.8 Å². The molecule has 0 heterocycles. The zero-order chi connectivity index (χ0) is 45.0. The van der Waals surface area contributed by atoms with Gasteiger partial charge in [-0.15, -0.1) is 0 Å². The number of phosphoric acid groups is 1. The fourth-order valence-electron chi connectivity index (χ4n) is 7.48. The Morgan fingerprint density at radius 2 is 0.836 bits per heavy atom. The molecule has 0 aliphatic rings. The molecule has 362 valence electrons. The van der Waals surface area contributed by atoms with Gasteiger partial charge in [0.2, 0.25) is 0 Å². The van der Waals surface area contributed by atoms with Gasteiger partial charge in [-0.05, 0) is 38.5 Å². The summed E-state index contributed by atoms with van der Waals surface area (Å²) in [6.45, 7) is 4.45. The van der Waals surface area contributed by atoms with Crippen LogP contribution in [0.5, 0.6) is 0 Å². The maximum Gasteiger partial charge on any atom is 0.472 e. The van der Waals surface area contributed by atoms with Crippen molar-refractivity contribution >= 4 is 19.8 Å². The molecule has 0 saturated heterocycles. The predicted octanol–water partition coefficient (Wildman–Crippen LogP) is 15.3. The first-order chi connectivity index (χ1) is 29.5. The van der Waals surface area contributed by atoms with Crippen LogP contribution in [-0.2, 0) is 32.7 Å². The molecule has 0 aromatic heterocycles. The van der Waals surface area contributed by atoms with Crippen LogP contribution in [0.25, 0.3) is 0 Å². The lowest BCUT2D eigenvalue weighted by Gasteiger charge is -2.24. The molecular formula is C51H101NO8P+. The Morgan fingerprint density at radius 1 is 0.492 bits per heavy atom. The number of esters is 2. The molecule has 0 amide bonds. The maximum atomic E-state index is 12.7. The van der Waals surface area contributed by atoms with Crippen molar-refractivity contribution in [3.8, 4) is 0 Å². The Morgan fingerprint density at radius 3 is 1.21 bits per heavy atom. The molecule has 0 rings (SSSR count). The second kappa shape index (κ2) is 44.0. The Balaban J connectivity index is 4.15. The topological polar surface area (TPSA) is 108 Å². The number of carbonyl (C=O) groups is 2. The molecule has 0 aliphatic carbocycles. The van der Waals surface area contributed by atoms with Gasteiger partial charge in [-0.25, -0.2) is 4.57 Å². The summed E-state index contributed by atoms with van der Waals surface area (Å²) < 4.78 is 34.4. The van der Waals surface area contributed by atoms with Gasteiger partial charge in [-0.2, -0.15) is 0 Å². The van der Waals surface area contributed by atoms with Crippen molar-refractivity contribution in [3.05, 3.63) is 12.2 Å². The van der Waals surface area contributed by atoms with Crippen LogP contribution in [0.1, 0.15) is 251 Å². The highest BCUT2D eigenvalue weighted by molar-refractivity contribution is 7.47. The molecule has 0 bridgehead atoms. The number of likely N-dealkylation sites (N-methyl/N-ethyl adjacent to an activating group) is 1. The van der Waals surface area contributed by atoms with E-state index in [1.807, 2.05) is 21.1 Å². The summed E-state index contributed by atoms with van der Waals surface area (Å²) in [5.41, 5.74) is 0. The number of unbranched alkanes of at least 4 members (excludes halogenated alkanes) is 32. The molecule has 0 saturated carbocycles. The van der Waals surface area contributed by atoms with Crippen molar-refractivity contribution in [3.63, 3.8) is 0 Å². The van der Waals surface area contributed by atoms with Crippen LogP contribution in [0.15, 0.2) is 12.2 Å². The number of ether oxygens (including phenoxy) is 2. The van der Waals surface area contributed by atoms with E-state index in [0.29, 0.717) is 23.9 Å². The first-order valence-corrected chi connectivity index (χ1v) is 27.4. The Bertz CT molecular complexity index is 1050. The fourth-order valence-corrected chi connectivity index (χ4v) is 8.22. The van der Waals surface area contributed by atoms with Gasteiger partial charge in [-0.1, -0.05) is 212 Å². The highest BCUT2D eigenvalue weighted by Gasteiger charge is 2.27. The molecule has 1 unspecified atom stereocenters. The summed E-state index contributed by atoms with van der Waals surface area (Å²) >= 11 is 0. The van der Waals surface area contributed by atoms with E-state index >= 15 is 0 Å². The van der Waals surface area contributed by atoms with Gasteiger partial charge in [0.1, 0.15) is 19.8 Å². The van der Waals surface area contributed by atoms with E-state index in [-0.39, 0.29) is 25.6 Å². The van der Waals surface area contributed by atoms with E-state index in [1.165, 1.54) is 167 Å². The predicted molar refractivity (Wildman–Crippen MR) is 257 cm³/mol. The normalized spacial score (nSPS) is 13.5. The SMILES string of the molecule is CCCCCCC/C=C/CCCCCCCC(=O)O[C@@H](COC(=O)CCCCCCCCCCCCCCCCCCCCCCCCC)COP(=O)(O)OCC[N+](C)(C)C. The number of hydrogen-bond acceptors (Lipinski definition) is 7. The van der Waals surface area contributed by atoms with Crippen molar-refractivity contribution in [2.75, 3.05) is 47.5 Å². The van der Waals surface area contributed by atoms with Gasteiger partial charge < -0.3 is 18.9 Å². The first-order valence-electron chi connectivity index (χ1n) is 25.9. The number of nitrogens with zero attached hydrogens (tertiary/aromatic N) is 1. The average Bonchev–Trinajstić information content (AvgIpc) is 3.21. The minimum Gasteiger partial charge on any atom is -0.462 e. The molecule has 0 aliphatic heterocycles. The van der Waals surface area contributed by atoms with Gasteiger partial charge in [0.25, 0.3) is 0 Å². The monoisotopic (exact) mass is 887 g/mol. The number of phosphoric ester groups is 1. The molecule has 2 atom stereocenters. The summed E-state index contributed by atoms with van der Waals surface area (Å²) in [7, 11) is 1.48. The molecule has 10 heteroatoms. The third-order valence-electron chi connectivity index (χ3n) is 11.5. The Hall–Kier alpha value is -1.25. The van der Waals surface area contributed by atoms with Crippen LogP contribution in [0, 0.1) is 0 Å². The summed E-state index contributed by atoms with van der Waals surface area (Å²) in [6, 6.07) is 0. The van der Waals surface area contributed by atoms with Gasteiger partial charge in [0.15, 0.2) is 6.10 Å². The molecule has 0 radical (unpaired) electrons. The van der Waals surface area contributed by atoms with Crippen LogP contribution in [0.3, 0.4) is 0 Å². The first kappa shape index (κ1) is 59.8. The molecule has 1 N–H and O–H groups in total. The quantitative estimate of drug-likeness (QED) is 0.0212. The molecule has 0 spiro atoms. The lowest BCUT2D eigenvalue weighted by Crippen LogP contribution is -2.37.